The first-order valence-electron chi connectivity index (χ1n) is 8.72. The first-order chi connectivity index (χ1) is 12.1. The van der Waals surface area contributed by atoms with Crippen LogP contribution < -0.4 is 0 Å². The van der Waals surface area contributed by atoms with Gasteiger partial charge in [0, 0.05) is 19.3 Å². The molecule has 1 aromatic heterocycles. The molecule has 1 heterocycles. The normalized spacial score (nSPS) is 20.4. The molecule has 0 unspecified atom stereocenters. The largest absolute Gasteiger partial charge is 0.490 e. The van der Waals surface area contributed by atoms with Crippen LogP contribution in [0.3, 0.4) is 0 Å². The standard InChI is InChI=1S/C16H26N2O.C2HF3O2/c1-3-13-4-7-15(17-10-13)12-18(2)11-14-5-8-16(19)9-6-14;3-2(4,5)1(6)7/h4,7,10,14,16,19H,3,5-6,8-9,11-12H2,1-2H3;(H,6,7). The first kappa shape index (κ1) is 22.4. The van der Waals surface area contributed by atoms with Crippen LogP contribution in [-0.4, -0.2) is 51.9 Å². The number of aromatic nitrogens is 1. The smallest absolute Gasteiger partial charge is 0.475 e. The fraction of sp³-hybridized carbons (Fsp3) is 0.667. The summed E-state index contributed by atoms with van der Waals surface area (Å²) < 4.78 is 31.7. The number of nitrogens with zero attached hydrogens (tertiary/aromatic N) is 2. The van der Waals surface area contributed by atoms with Crippen molar-refractivity contribution in [1.29, 1.82) is 0 Å². The van der Waals surface area contributed by atoms with Gasteiger partial charge in [-0.1, -0.05) is 13.0 Å². The van der Waals surface area contributed by atoms with E-state index in [1.165, 1.54) is 5.56 Å². The third-order valence-electron chi connectivity index (χ3n) is 4.35. The number of hydrogen-bond acceptors (Lipinski definition) is 4. The van der Waals surface area contributed by atoms with Gasteiger partial charge in [0.1, 0.15) is 0 Å². The third kappa shape index (κ3) is 8.62. The monoisotopic (exact) mass is 376 g/mol. The van der Waals surface area contributed by atoms with Crippen molar-refractivity contribution in [2.24, 2.45) is 5.92 Å². The molecule has 8 heteroatoms. The predicted molar refractivity (Wildman–Crippen MR) is 91.6 cm³/mol. The minimum Gasteiger partial charge on any atom is -0.475 e. The third-order valence-corrected chi connectivity index (χ3v) is 4.35. The fourth-order valence-electron chi connectivity index (χ4n) is 2.87. The number of rotatable bonds is 5. The lowest BCUT2D eigenvalue weighted by molar-refractivity contribution is -0.192. The maximum Gasteiger partial charge on any atom is 0.490 e. The molecule has 26 heavy (non-hydrogen) atoms. The van der Waals surface area contributed by atoms with E-state index in [9.17, 15) is 18.3 Å². The minimum absolute atomic E-state index is 0.0511. The van der Waals surface area contributed by atoms with Crippen molar-refractivity contribution < 1.29 is 28.2 Å². The molecule has 0 aromatic carbocycles. The number of hydrogen-bond donors (Lipinski definition) is 2. The van der Waals surface area contributed by atoms with Gasteiger partial charge in [-0.25, -0.2) is 4.79 Å². The van der Waals surface area contributed by atoms with E-state index < -0.39 is 12.1 Å². The summed E-state index contributed by atoms with van der Waals surface area (Å²) in [5.41, 5.74) is 2.45. The molecule has 0 aliphatic heterocycles. The van der Waals surface area contributed by atoms with Gasteiger partial charge >= 0.3 is 12.1 Å². The number of alkyl halides is 3. The second-order valence-electron chi connectivity index (χ2n) is 6.69. The van der Waals surface area contributed by atoms with Gasteiger partial charge in [0.05, 0.1) is 11.8 Å². The van der Waals surface area contributed by atoms with E-state index in [1.54, 1.807) is 0 Å². The van der Waals surface area contributed by atoms with Crippen LogP contribution in [0.5, 0.6) is 0 Å². The van der Waals surface area contributed by atoms with Gasteiger partial charge < -0.3 is 15.1 Å². The Balaban J connectivity index is 0.000000412. The van der Waals surface area contributed by atoms with Crippen molar-refractivity contribution in [3.8, 4) is 0 Å². The zero-order chi connectivity index (χ0) is 19.7. The van der Waals surface area contributed by atoms with E-state index in [0.717, 1.165) is 56.8 Å². The van der Waals surface area contributed by atoms with Crippen LogP contribution in [0.15, 0.2) is 18.3 Å². The van der Waals surface area contributed by atoms with Crippen LogP contribution in [0.25, 0.3) is 0 Å². The average Bonchev–Trinajstić information content (AvgIpc) is 2.57. The Bertz CT molecular complexity index is 542. The van der Waals surface area contributed by atoms with Crippen LogP contribution in [0.1, 0.15) is 43.9 Å². The zero-order valence-corrected chi connectivity index (χ0v) is 15.2. The second kappa shape index (κ2) is 10.5. The number of aliphatic carboxylic acids is 1. The second-order valence-corrected chi connectivity index (χ2v) is 6.69. The van der Waals surface area contributed by atoms with E-state index in [1.807, 2.05) is 6.20 Å². The summed E-state index contributed by atoms with van der Waals surface area (Å²) in [5, 5.41) is 16.6. The van der Waals surface area contributed by atoms with E-state index in [2.05, 4.69) is 36.0 Å². The summed E-state index contributed by atoms with van der Waals surface area (Å²) in [6.45, 7) is 4.19. The molecule has 1 saturated carbocycles. The number of carboxylic acids is 1. The number of aliphatic hydroxyl groups excluding tert-OH is 1. The summed E-state index contributed by atoms with van der Waals surface area (Å²) in [6.07, 6.45) is 2.17. The summed E-state index contributed by atoms with van der Waals surface area (Å²) in [4.78, 5) is 15.8. The van der Waals surface area contributed by atoms with Crippen molar-refractivity contribution in [3.63, 3.8) is 0 Å². The Labute approximate surface area is 151 Å². The number of carbonyl (C=O) groups is 1. The Morgan fingerprint density at radius 2 is 1.85 bits per heavy atom. The molecular formula is C18H27F3N2O3. The zero-order valence-electron chi connectivity index (χ0n) is 15.2. The maximum atomic E-state index is 10.6. The molecule has 0 amide bonds. The van der Waals surface area contributed by atoms with E-state index in [0.29, 0.717) is 0 Å². The van der Waals surface area contributed by atoms with Gasteiger partial charge in [0.25, 0.3) is 0 Å². The van der Waals surface area contributed by atoms with Gasteiger partial charge in [0.15, 0.2) is 0 Å². The van der Waals surface area contributed by atoms with Crippen molar-refractivity contribution in [1.82, 2.24) is 9.88 Å². The Kier molecular flexibility index (Phi) is 9.01. The lowest BCUT2D eigenvalue weighted by Gasteiger charge is -2.29. The van der Waals surface area contributed by atoms with Gasteiger partial charge in [-0.2, -0.15) is 13.2 Å². The number of pyridine rings is 1. The van der Waals surface area contributed by atoms with E-state index in [-0.39, 0.29) is 6.10 Å². The van der Waals surface area contributed by atoms with Crippen LogP contribution in [-0.2, 0) is 17.8 Å². The highest BCUT2D eigenvalue weighted by atomic mass is 19.4. The molecule has 1 aliphatic rings. The number of aryl methyl sites for hydroxylation is 1. The Morgan fingerprint density at radius 1 is 1.27 bits per heavy atom. The quantitative estimate of drug-likeness (QED) is 0.825. The minimum atomic E-state index is -5.08. The molecule has 148 valence electrons. The molecule has 1 fully saturated rings. The summed E-state index contributed by atoms with van der Waals surface area (Å²) in [6, 6.07) is 4.31. The molecule has 0 saturated heterocycles. The lowest BCUT2D eigenvalue weighted by atomic mass is 9.87. The van der Waals surface area contributed by atoms with Gasteiger partial charge in [-0.15, -0.1) is 0 Å². The first-order valence-corrected chi connectivity index (χ1v) is 8.72. The Morgan fingerprint density at radius 3 is 2.27 bits per heavy atom. The molecule has 2 rings (SSSR count). The fourth-order valence-corrected chi connectivity index (χ4v) is 2.87. The van der Waals surface area contributed by atoms with Gasteiger partial charge in [-0.05, 0) is 56.7 Å². The van der Waals surface area contributed by atoms with Gasteiger partial charge in [0.2, 0.25) is 0 Å². The molecule has 1 aliphatic carbocycles. The van der Waals surface area contributed by atoms with Gasteiger partial charge in [-0.3, -0.25) is 4.98 Å². The highest BCUT2D eigenvalue weighted by molar-refractivity contribution is 5.73. The number of halogens is 3. The van der Waals surface area contributed by atoms with Crippen molar-refractivity contribution in [2.75, 3.05) is 13.6 Å². The molecule has 5 nitrogen and oxygen atoms in total. The number of carboxylic acid groups (broad SMARTS) is 1. The molecule has 1 aromatic rings. The Hall–Kier alpha value is -1.67. The summed E-state index contributed by atoms with van der Waals surface area (Å²) in [7, 11) is 2.17. The molecule has 0 spiro atoms. The molecule has 0 radical (unpaired) electrons. The maximum absolute atomic E-state index is 10.6. The van der Waals surface area contributed by atoms with Crippen LogP contribution in [0.2, 0.25) is 0 Å². The lowest BCUT2D eigenvalue weighted by Crippen LogP contribution is -2.29. The number of aliphatic hydroxyl groups is 1. The summed E-state index contributed by atoms with van der Waals surface area (Å²) >= 11 is 0. The van der Waals surface area contributed by atoms with Crippen LogP contribution in [0, 0.1) is 5.92 Å². The molecule has 0 atom stereocenters. The average molecular weight is 376 g/mol. The molecule has 2 N–H and O–H groups in total. The molecular weight excluding hydrogens is 349 g/mol. The predicted octanol–water partition coefficient (Wildman–Crippen LogP) is 3.26. The van der Waals surface area contributed by atoms with Crippen molar-refractivity contribution >= 4 is 5.97 Å². The topological polar surface area (TPSA) is 73.7 Å². The highest BCUT2D eigenvalue weighted by Crippen LogP contribution is 2.25. The summed E-state index contributed by atoms with van der Waals surface area (Å²) in [5.74, 6) is -2.02. The van der Waals surface area contributed by atoms with E-state index >= 15 is 0 Å². The van der Waals surface area contributed by atoms with E-state index in [4.69, 9.17) is 9.90 Å². The van der Waals surface area contributed by atoms with Crippen molar-refractivity contribution in [3.05, 3.63) is 29.6 Å². The van der Waals surface area contributed by atoms with Crippen LogP contribution >= 0.6 is 0 Å². The SMILES string of the molecule is CCc1ccc(CN(C)CC2CCC(O)CC2)nc1.O=C(O)C(F)(F)F. The molecule has 0 bridgehead atoms. The van der Waals surface area contributed by atoms with Crippen molar-refractivity contribution in [2.45, 2.75) is 57.9 Å². The highest BCUT2D eigenvalue weighted by Gasteiger charge is 2.38. The van der Waals surface area contributed by atoms with Crippen LogP contribution in [0.4, 0.5) is 13.2 Å².